The average molecular weight is 384 g/mol. The Balaban J connectivity index is 2.41. The fraction of sp³-hybridized carbons (Fsp3) is 0.364. The fourth-order valence-electron chi connectivity index (χ4n) is 2.86. The van der Waals surface area contributed by atoms with Crippen molar-refractivity contribution in [1.82, 2.24) is 10.4 Å². The minimum Gasteiger partial charge on any atom is -0.496 e. The zero-order valence-electron chi connectivity index (χ0n) is 17.5. The van der Waals surface area contributed by atoms with Crippen LogP contribution in [0.25, 0.3) is 0 Å². The highest BCUT2D eigenvalue weighted by atomic mass is 16.5. The summed E-state index contributed by atoms with van der Waals surface area (Å²) in [5, 5.41) is 1.33. The molecule has 0 saturated carbocycles. The highest BCUT2D eigenvalue weighted by Crippen LogP contribution is 2.25. The summed E-state index contributed by atoms with van der Waals surface area (Å²) in [7, 11) is 3.07. The Labute approximate surface area is 166 Å². The highest BCUT2D eigenvalue weighted by Gasteiger charge is 2.31. The maximum Gasteiger partial charge on any atom is 0.276 e. The van der Waals surface area contributed by atoms with Crippen LogP contribution in [0.2, 0.25) is 0 Å². The van der Waals surface area contributed by atoms with Gasteiger partial charge in [-0.05, 0) is 64.4 Å². The number of benzene rings is 2. The van der Waals surface area contributed by atoms with E-state index in [2.05, 4.69) is 5.43 Å². The number of hydrogen-bond donors (Lipinski definition) is 1. The van der Waals surface area contributed by atoms with Crippen molar-refractivity contribution in [3.63, 3.8) is 0 Å². The summed E-state index contributed by atoms with van der Waals surface area (Å²) in [5.41, 5.74) is 4.61. The van der Waals surface area contributed by atoms with Crippen LogP contribution in [0.3, 0.4) is 0 Å². The summed E-state index contributed by atoms with van der Waals surface area (Å²) >= 11 is 0. The van der Waals surface area contributed by atoms with E-state index in [4.69, 9.17) is 9.47 Å². The second kappa shape index (κ2) is 8.33. The fourth-order valence-corrected chi connectivity index (χ4v) is 2.86. The number of aryl methyl sites for hydroxylation is 1. The first-order chi connectivity index (χ1) is 13.1. The molecule has 0 aliphatic carbocycles. The van der Waals surface area contributed by atoms with Crippen LogP contribution < -0.4 is 14.9 Å². The van der Waals surface area contributed by atoms with E-state index >= 15 is 0 Å². The summed E-state index contributed by atoms with van der Waals surface area (Å²) in [6.45, 7) is 9.28. The lowest BCUT2D eigenvalue weighted by Gasteiger charge is -2.36. The third kappa shape index (κ3) is 4.44. The first-order valence-electron chi connectivity index (χ1n) is 9.04. The Kier molecular flexibility index (Phi) is 6.33. The summed E-state index contributed by atoms with van der Waals surface area (Å²) in [6, 6.07) is 10.6. The minimum atomic E-state index is -0.657. The number of carbonyl (C=O) groups excluding carboxylic acids is 2. The van der Waals surface area contributed by atoms with Crippen molar-refractivity contribution in [2.45, 2.75) is 40.2 Å². The molecule has 6 heteroatoms. The summed E-state index contributed by atoms with van der Waals surface area (Å²) in [5.74, 6) is 0.344. The van der Waals surface area contributed by atoms with Crippen LogP contribution in [0.5, 0.6) is 11.5 Å². The molecule has 0 radical (unpaired) electrons. The van der Waals surface area contributed by atoms with E-state index in [0.717, 1.165) is 5.56 Å². The van der Waals surface area contributed by atoms with Gasteiger partial charge in [0.25, 0.3) is 11.8 Å². The van der Waals surface area contributed by atoms with Crippen molar-refractivity contribution in [3.05, 3.63) is 58.7 Å². The van der Waals surface area contributed by atoms with Gasteiger partial charge in [-0.2, -0.15) is 0 Å². The number of carbonyl (C=O) groups is 2. The van der Waals surface area contributed by atoms with E-state index < -0.39 is 5.54 Å². The lowest BCUT2D eigenvalue weighted by Crippen LogP contribution is -2.56. The van der Waals surface area contributed by atoms with Crippen LogP contribution in [0.4, 0.5) is 0 Å². The lowest BCUT2D eigenvalue weighted by atomic mass is 10.0. The van der Waals surface area contributed by atoms with Gasteiger partial charge in [0.05, 0.1) is 25.3 Å². The Bertz CT molecular complexity index is 885. The van der Waals surface area contributed by atoms with E-state index in [9.17, 15) is 9.59 Å². The smallest absolute Gasteiger partial charge is 0.276 e. The normalized spacial score (nSPS) is 11.0. The molecule has 0 unspecified atom stereocenters. The highest BCUT2D eigenvalue weighted by molar-refractivity contribution is 6.01. The van der Waals surface area contributed by atoms with Crippen molar-refractivity contribution in [1.29, 1.82) is 0 Å². The molecule has 28 heavy (non-hydrogen) atoms. The second-order valence-electron chi connectivity index (χ2n) is 7.59. The zero-order chi connectivity index (χ0) is 21.1. The number of hydrogen-bond acceptors (Lipinski definition) is 4. The monoisotopic (exact) mass is 384 g/mol. The molecule has 0 heterocycles. The lowest BCUT2D eigenvalue weighted by molar-refractivity contribution is 0.0355. The van der Waals surface area contributed by atoms with Gasteiger partial charge in [0.2, 0.25) is 0 Å². The molecule has 2 amide bonds. The summed E-state index contributed by atoms with van der Waals surface area (Å²) in [4.78, 5) is 26.2. The first-order valence-corrected chi connectivity index (χ1v) is 9.04. The molecule has 2 aromatic rings. The molecule has 150 valence electrons. The SMILES string of the molecule is COc1cc(C)ccc1C(=O)N(NC(=O)c1cccc(OC)c1C)C(C)(C)C. The van der Waals surface area contributed by atoms with Crippen LogP contribution in [0, 0.1) is 13.8 Å². The maximum atomic E-state index is 13.3. The number of nitrogens with zero attached hydrogens (tertiary/aromatic N) is 1. The van der Waals surface area contributed by atoms with Crippen molar-refractivity contribution >= 4 is 11.8 Å². The molecule has 0 aliphatic heterocycles. The Morgan fingerprint density at radius 3 is 2.14 bits per heavy atom. The molecule has 0 bridgehead atoms. The van der Waals surface area contributed by atoms with E-state index in [1.807, 2.05) is 33.8 Å². The molecule has 6 nitrogen and oxygen atoms in total. The molecule has 2 aromatic carbocycles. The third-order valence-corrected chi connectivity index (χ3v) is 4.42. The van der Waals surface area contributed by atoms with Crippen LogP contribution in [-0.4, -0.2) is 36.6 Å². The molecule has 1 N–H and O–H groups in total. The van der Waals surface area contributed by atoms with Crippen molar-refractivity contribution < 1.29 is 19.1 Å². The predicted octanol–water partition coefficient (Wildman–Crippen LogP) is 3.91. The number of hydrazine groups is 1. The summed E-state index contributed by atoms with van der Waals surface area (Å²) < 4.78 is 10.7. The van der Waals surface area contributed by atoms with Gasteiger partial charge in [-0.25, -0.2) is 5.01 Å². The van der Waals surface area contributed by atoms with Gasteiger partial charge in [-0.1, -0.05) is 12.1 Å². The van der Waals surface area contributed by atoms with E-state index in [1.54, 1.807) is 44.4 Å². The molecule has 0 spiro atoms. The molecule has 0 atom stereocenters. The van der Waals surface area contributed by atoms with Gasteiger partial charge in [0.1, 0.15) is 11.5 Å². The van der Waals surface area contributed by atoms with Gasteiger partial charge >= 0.3 is 0 Å². The average Bonchev–Trinajstić information content (AvgIpc) is 2.64. The zero-order valence-corrected chi connectivity index (χ0v) is 17.5. The molecular formula is C22H28N2O4. The van der Waals surface area contributed by atoms with Gasteiger partial charge in [0.15, 0.2) is 0 Å². The maximum absolute atomic E-state index is 13.3. The van der Waals surface area contributed by atoms with Crippen molar-refractivity contribution in [2.75, 3.05) is 14.2 Å². The number of amides is 2. The summed E-state index contributed by atoms with van der Waals surface area (Å²) in [6.07, 6.45) is 0. The largest absolute Gasteiger partial charge is 0.496 e. The minimum absolute atomic E-state index is 0.349. The number of ether oxygens (including phenoxy) is 2. The Morgan fingerprint density at radius 2 is 1.57 bits per heavy atom. The number of methoxy groups -OCH3 is 2. The predicted molar refractivity (Wildman–Crippen MR) is 109 cm³/mol. The van der Waals surface area contributed by atoms with Crippen LogP contribution in [0.15, 0.2) is 36.4 Å². The van der Waals surface area contributed by atoms with Gasteiger partial charge in [-0.15, -0.1) is 0 Å². The second-order valence-corrected chi connectivity index (χ2v) is 7.59. The molecule has 2 rings (SSSR count). The molecule has 0 aliphatic rings. The first kappa shape index (κ1) is 21.3. The van der Waals surface area contributed by atoms with E-state index in [-0.39, 0.29) is 11.8 Å². The quantitative estimate of drug-likeness (QED) is 0.812. The number of nitrogens with one attached hydrogen (secondary N) is 1. The Morgan fingerprint density at radius 1 is 0.929 bits per heavy atom. The van der Waals surface area contributed by atoms with Gasteiger partial charge < -0.3 is 9.47 Å². The van der Waals surface area contributed by atoms with Gasteiger partial charge in [0, 0.05) is 11.1 Å². The molecule has 0 saturated heterocycles. The van der Waals surface area contributed by atoms with E-state index in [0.29, 0.717) is 28.2 Å². The third-order valence-electron chi connectivity index (χ3n) is 4.42. The number of rotatable bonds is 4. The topological polar surface area (TPSA) is 67.9 Å². The van der Waals surface area contributed by atoms with Crippen molar-refractivity contribution in [2.24, 2.45) is 0 Å². The van der Waals surface area contributed by atoms with Crippen LogP contribution >= 0.6 is 0 Å². The van der Waals surface area contributed by atoms with Crippen LogP contribution in [-0.2, 0) is 0 Å². The molecule has 0 fully saturated rings. The molecule has 0 aromatic heterocycles. The van der Waals surface area contributed by atoms with Crippen LogP contribution in [0.1, 0.15) is 52.6 Å². The van der Waals surface area contributed by atoms with Crippen molar-refractivity contribution in [3.8, 4) is 11.5 Å². The van der Waals surface area contributed by atoms with Gasteiger partial charge in [-0.3, -0.25) is 15.0 Å². The molecular weight excluding hydrogens is 356 g/mol. The van der Waals surface area contributed by atoms with E-state index in [1.165, 1.54) is 12.1 Å². The standard InChI is InChI=1S/C22H28N2O4/c1-14-11-12-17(19(13-14)28-7)21(26)24(22(3,4)5)23-20(25)16-9-8-10-18(27-6)15(16)2/h8-13H,1-7H3,(H,23,25). The Hall–Kier alpha value is -3.02.